The third-order valence-electron chi connectivity index (χ3n) is 3.43. The summed E-state index contributed by atoms with van der Waals surface area (Å²) in [7, 11) is 0. The van der Waals surface area contributed by atoms with Gasteiger partial charge in [-0.1, -0.05) is 36.4 Å². The highest BCUT2D eigenvalue weighted by atomic mass is 19.4. The normalized spacial score (nSPS) is 12.1. The highest BCUT2D eigenvalue weighted by Gasteiger charge is 2.36. The second-order valence-electron chi connectivity index (χ2n) is 5.59. The molecule has 2 aromatic rings. The Kier molecular flexibility index (Phi) is 6.68. The molecule has 0 radical (unpaired) electrons. The van der Waals surface area contributed by atoms with Gasteiger partial charge in [0, 0.05) is 12.0 Å². The molecule has 0 amide bonds. The molecule has 0 aliphatic rings. The lowest BCUT2D eigenvalue weighted by Gasteiger charge is -2.15. The first-order chi connectivity index (χ1) is 13.5. The Hall–Kier alpha value is -3.30. The molecule has 0 saturated heterocycles. The van der Waals surface area contributed by atoms with Crippen LogP contribution in [0, 0.1) is 0 Å². The number of carbonyl (C=O) groups is 2. The summed E-state index contributed by atoms with van der Waals surface area (Å²) in [5, 5.41) is 0. The van der Waals surface area contributed by atoms with Crippen molar-refractivity contribution in [3.8, 4) is 11.5 Å². The average Bonchev–Trinajstić information content (AvgIpc) is 2.60. The van der Waals surface area contributed by atoms with Gasteiger partial charge in [0.25, 0.3) is 0 Å². The first-order valence-electron chi connectivity index (χ1n) is 7.86. The molecule has 4 nitrogen and oxygen atoms in total. The molecule has 2 aromatic carbocycles. The molecule has 29 heavy (non-hydrogen) atoms. The Morgan fingerprint density at radius 2 is 1.52 bits per heavy atom. The van der Waals surface area contributed by atoms with Gasteiger partial charge < -0.3 is 9.47 Å². The monoisotopic (exact) mass is 418 g/mol. The van der Waals surface area contributed by atoms with E-state index in [1.54, 1.807) is 18.2 Å². The van der Waals surface area contributed by atoms with Crippen molar-refractivity contribution in [1.82, 2.24) is 0 Å². The molecule has 0 bridgehead atoms. The highest BCUT2D eigenvalue weighted by Crippen LogP contribution is 2.36. The number of ketones is 1. The number of hydrogen-bond acceptors (Lipinski definition) is 4. The lowest BCUT2D eigenvalue weighted by molar-refractivity contribution is -0.287. The predicted molar refractivity (Wildman–Crippen MR) is 89.4 cm³/mol. The maximum absolute atomic E-state index is 12.5. The minimum atomic E-state index is -5.25. The molecule has 0 heterocycles. The summed E-state index contributed by atoms with van der Waals surface area (Å²) >= 11 is 0. The van der Waals surface area contributed by atoms with E-state index in [1.807, 2.05) is 0 Å². The second kappa shape index (κ2) is 8.80. The van der Waals surface area contributed by atoms with Gasteiger partial charge in [-0.25, -0.2) is 0 Å². The SMILES string of the molecule is O=Cc1ccccc1CC(=O)/C=C/c1ccc(OC(F)(F)F)c(OC(F)(F)F)c1. The first-order valence-corrected chi connectivity index (χ1v) is 7.86. The molecular weight excluding hydrogens is 406 g/mol. The van der Waals surface area contributed by atoms with Crippen molar-refractivity contribution in [2.75, 3.05) is 0 Å². The second-order valence-corrected chi connectivity index (χ2v) is 5.59. The van der Waals surface area contributed by atoms with Crippen LogP contribution in [0.4, 0.5) is 26.3 Å². The number of allylic oxidation sites excluding steroid dienone is 1. The van der Waals surface area contributed by atoms with Gasteiger partial charge in [-0.15, -0.1) is 26.3 Å². The van der Waals surface area contributed by atoms with E-state index in [2.05, 4.69) is 9.47 Å². The van der Waals surface area contributed by atoms with Gasteiger partial charge in [0.2, 0.25) is 0 Å². The van der Waals surface area contributed by atoms with Crippen LogP contribution in [-0.2, 0) is 11.2 Å². The van der Waals surface area contributed by atoms with Crippen LogP contribution < -0.4 is 9.47 Å². The highest BCUT2D eigenvalue weighted by molar-refractivity contribution is 5.96. The summed E-state index contributed by atoms with van der Waals surface area (Å²) in [5.41, 5.74) is 0.728. The minimum Gasteiger partial charge on any atom is -0.402 e. The maximum atomic E-state index is 12.5. The van der Waals surface area contributed by atoms with E-state index in [0.29, 0.717) is 29.5 Å². The number of benzene rings is 2. The molecule has 0 N–H and O–H groups in total. The quantitative estimate of drug-likeness (QED) is 0.356. The van der Waals surface area contributed by atoms with Crippen molar-refractivity contribution in [2.45, 2.75) is 19.1 Å². The van der Waals surface area contributed by atoms with Crippen molar-refractivity contribution in [3.05, 3.63) is 65.2 Å². The zero-order chi connectivity index (χ0) is 21.7. The fourth-order valence-electron chi connectivity index (χ4n) is 2.29. The molecule has 0 unspecified atom stereocenters. The van der Waals surface area contributed by atoms with Crippen LogP contribution in [0.3, 0.4) is 0 Å². The largest absolute Gasteiger partial charge is 0.573 e. The van der Waals surface area contributed by atoms with Crippen LogP contribution in [0.1, 0.15) is 21.5 Å². The summed E-state index contributed by atoms with van der Waals surface area (Å²) < 4.78 is 81.5. The van der Waals surface area contributed by atoms with E-state index >= 15 is 0 Å². The van der Waals surface area contributed by atoms with E-state index in [9.17, 15) is 35.9 Å². The van der Waals surface area contributed by atoms with Crippen LogP contribution in [0.25, 0.3) is 6.08 Å². The van der Waals surface area contributed by atoms with Crippen molar-refractivity contribution >= 4 is 18.1 Å². The van der Waals surface area contributed by atoms with Gasteiger partial charge in [0.05, 0.1) is 0 Å². The topological polar surface area (TPSA) is 52.6 Å². The Morgan fingerprint density at radius 1 is 0.897 bits per heavy atom. The first kappa shape index (κ1) is 22.0. The summed E-state index contributed by atoms with van der Waals surface area (Å²) in [6.07, 6.45) is -7.91. The predicted octanol–water partition coefficient (Wildman–Crippen LogP) is 5.12. The van der Waals surface area contributed by atoms with E-state index in [0.717, 1.165) is 18.2 Å². The number of hydrogen-bond donors (Lipinski definition) is 0. The van der Waals surface area contributed by atoms with Gasteiger partial charge >= 0.3 is 12.7 Å². The molecule has 0 aromatic heterocycles. The van der Waals surface area contributed by atoms with E-state index in [4.69, 9.17) is 0 Å². The number of halogens is 6. The third-order valence-corrected chi connectivity index (χ3v) is 3.43. The smallest absolute Gasteiger partial charge is 0.402 e. The lowest BCUT2D eigenvalue weighted by atomic mass is 10.0. The number of aldehydes is 1. The van der Waals surface area contributed by atoms with E-state index < -0.39 is 30.0 Å². The van der Waals surface area contributed by atoms with Gasteiger partial charge in [-0.2, -0.15) is 0 Å². The van der Waals surface area contributed by atoms with Crippen molar-refractivity contribution in [3.63, 3.8) is 0 Å². The molecule has 0 spiro atoms. The van der Waals surface area contributed by atoms with Crippen molar-refractivity contribution in [1.29, 1.82) is 0 Å². The van der Waals surface area contributed by atoms with Crippen LogP contribution >= 0.6 is 0 Å². The van der Waals surface area contributed by atoms with Crippen LogP contribution in [0.15, 0.2) is 48.5 Å². The van der Waals surface area contributed by atoms with E-state index in [-0.39, 0.29) is 12.0 Å². The summed E-state index contributed by atoms with van der Waals surface area (Å²) in [6.45, 7) is 0. The minimum absolute atomic E-state index is 0.0317. The molecule has 0 aliphatic heterocycles. The standard InChI is InChI=1S/C19H12F6O4/c20-18(21,22)28-16-8-6-12(9-17(16)29-19(23,24)25)5-7-15(27)10-13-3-1-2-4-14(13)11-26/h1-9,11H,10H2/b7-5+. The molecular formula is C19H12F6O4. The Balaban J connectivity index is 2.22. The Bertz CT molecular complexity index is 916. The fourth-order valence-corrected chi connectivity index (χ4v) is 2.29. The van der Waals surface area contributed by atoms with Crippen LogP contribution in [-0.4, -0.2) is 24.8 Å². The third kappa shape index (κ3) is 7.32. The van der Waals surface area contributed by atoms with Gasteiger partial charge in [0.1, 0.15) is 6.29 Å². The maximum Gasteiger partial charge on any atom is 0.573 e. The Labute approximate surface area is 160 Å². The fraction of sp³-hybridized carbons (Fsp3) is 0.158. The molecule has 0 saturated carbocycles. The van der Waals surface area contributed by atoms with Crippen molar-refractivity contribution in [2.24, 2.45) is 0 Å². The number of alkyl halides is 6. The average molecular weight is 418 g/mol. The molecule has 154 valence electrons. The Morgan fingerprint density at radius 3 is 2.14 bits per heavy atom. The zero-order valence-electron chi connectivity index (χ0n) is 14.4. The van der Waals surface area contributed by atoms with Crippen molar-refractivity contribution < 1.29 is 45.4 Å². The molecule has 0 aliphatic carbocycles. The molecule has 2 rings (SSSR count). The van der Waals surface area contributed by atoms with Gasteiger partial charge in [-0.3, -0.25) is 9.59 Å². The molecule has 0 fully saturated rings. The number of carbonyl (C=O) groups excluding carboxylic acids is 2. The van der Waals surface area contributed by atoms with E-state index in [1.165, 1.54) is 6.07 Å². The molecule has 0 atom stereocenters. The number of rotatable bonds is 7. The van der Waals surface area contributed by atoms with Gasteiger partial charge in [0.15, 0.2) is 17.3 Å². The van der Waals surface area contributed by atoms with Crippen LogP contribution in [0.5, 0.6) is 11.5 Å². The summed E-state index contributed by atoms with van der Waals surface area (Å²) in [6, 6.07) is 8.62. The lowest BCUT2D eigenvalue weighted by Crippen LogP contribution is -2.21. The molecule has 10 heteroatoms. The number of ether oxygens (including phenoxy) is 2. The summed E-state index contributed by atoms with van der Waals surface area (Å²) in [5.74, 6) is -2.87. The summed E-state index contributed by atoms with van der Waals surface area (Å²) in [4.78, 5) is 23.0. The van der Waals surface area contributed by atoms with Crippen LogP contribution in [0.2, 0.25) is 0 Å². The van der Waals surface area contributed by atoms with Gasteiger partial charge in [-0.05, 0) is 29.3 Å². The zero-order valence-corrected chi connectivity index (χ0v) is 14.4.